The van der Waals surface area contributed by atoms with E-state index in [2.05, 4.69) is 5.32 Å². The average molecular weight is 593 g/mol. The van der Waals surface area contributed by atoms with Crippen LogP contribution in [0.15, 0.2) is 83.8 Å². The maximum atomic E-state index is 14.0. The third kappa shape index (κ3) is 7.52. The van der Waals surface area contributed by atoms with Crippen molar-refractivity contribution in [3.8, 4) is 0 Å². The molecule has 0 saturated heterocycles. The number of carbonyl (C=O) groups is 2. The van der Waals surface area contributed by atoms with E-state index in [1.807, 2.05) is 31.2 Å². The van der Waals surface area contributed by atoms with Gasteiger partial charge in [0.05, 0.1) is 15.5 Å². The van der Waals surface area contributed by atoms with Gasteiger partial charge in [-0.3, -0.25) is 24.0 Å². The monoisotopic (exact) mass is 592 g/mol. The molecule has 0 aliphatic heterocycles. The zero-order valence-corrected chi connectivity index (χ0v) is 24.6. The molecule has 0 spiro atoms. The van der Waals surface area contributed by atoms with Crippen molar-refractivity contribution in [3.05, 3.63) is 100 Å². The van der Waals surface area contributed by atoms with Crippen LogP contribution in [0.25, 0.3) is 0 Å². The van der Waals surface area contributed by atoms with Gasteiger partial charge in [-0.2, -0.15) is 0 Å². The van der Waals surface area contributed by atoms with E-state index in [0.717, 1.165) is 47.5 Å². The summed E-state index contributed by atoms with van der Waals surface area (Å²) in [6.07, 6.45) is 4.97. The highest BCUT2D eigenvalue weighted by molar-refractivity contribution is 7.92. The summed E-state index contributed by atoms with van der Waals surface area (Å²) in [7, 11) is -4.25. The maximum Gasteiger partial charge on any atom is 0.269 e. The molecule has 42 heavy (non-hydrogen) atoms. The Labute approximate surface area is 246 Å². The van der Waals surface area contributed by atoms with Crippen LogP contribution in [0.2, 0.25) is 0 Å². The molecular weight excluding hydrogens is 556 g/mol. The second-order valence-corrected chi connectivity index (χ2v) is 12.5. The normalized spacial score (nSPS) is 14.5. The van der Waals surface area contributed by atoms with Gasteiger partial charge in [-0.25, -0.2) is 8.42 Å². The summed E-state index contributed by atoms with van der Waals surface area (Å²) >= 11 is 0. The van der Waals surface area contributed by atoms with Gasteiger partial charge in [-0.1, -0.05) is 67.3 Å². The first-order valence-corrected chi connectivity index (χ1v) is 15.5. The van der Waals surface area contributed by atoms with Crippen LogP contribution in [-0.2, 0) is 26.2 Å². The van der Waals surface area contributed by atoms with Gasteiger partial charge < -0.3 is 10.2 Å². The number of hydrogen-bond acceptors (Lipinski definition) is 6. The number of carbonyl (C=O) groups excluding carboxylic acids is 2. The average Bonchev–Trinajstić information content (AvgIpc) is 2.99. The maximum absolute atomic E-state index is 14.0. The molecule has 4 rings (SSSR count). The predicted octanol–water partition coefficient (Wildman–Crippen LogP) is 4.96. The van der Waals surface area contributed by atoms with E-state index in [-0.39, 0.29) is 34.8 Å². The summed E-state index contributed by atoms with van der Waals surface area (Å²) in [6, 6.07) is 19.4. The first kappa shape index (κ1) is 30.7. The molecule has 1 atom stereocenters. The highest BCUT2D eigenvalue weighted by atomic mass is 32.2. The van der Waals surface area contributed by atoms with E-state index in [9.17, 15) is 28.1 Å². The first-order chi connectivity index (χ1) is 20.1. The SMILES string of the molecule is Cc1cccc(CN(C(=O)CN(c2ccc([N+](=O)[O-])cc2)S(=O)(=O)c2ccccc2)[C@H](C)C(=O)NC2CCCCC2)c1. The lowest BCUT2D eigenvalue weighted by atomic mass is 9.95. The lowest BCUT2D eigenvalue weighted by molar-refractivity contribution is -0.384. The van der Waals surface area contributed by atoms with E-state index in [4.69, 9.17) is 0 Å². The minimum Gasteiger partial charge on any atom is -0.352 e. The van der Waals surface area contributed by atoms with Crippen molar-refractivity contribution in [1.82, 2.24) is 10.2 Å². The van der Waals surface area contributed by atoms with Crippen molar-refractivity contribution < 1.29 is 22.9 Å². The zero-order chi connectivity index (χ0) is 30.3. The van der Waals surface area contributed by atoms with Gasteiger partial charge in [0.25, 0.3) is 15.7 Å². The van der Waals surface area contributed by atoms with Crippen LogP contribution in [-0.4, -0.2) is 48.7 Å². The Morgan fingerprint density at radius 2 is 1.64 bits per heavy atom. The smallest absolute Gasteiger partial charge is 0.269 e. The summed E-state index contributed by atoms with van der Waals surface area (Å²) in [5.74, 6) is -0.878. The third-order valence-electron chi connectivity index (χ3n) is 7.51. The highest BCUT2D eigenvalue weighted by Gasteiger charge is 2.33. The van der Waals surface area contributed by atoms with Gasteiger partial charge in [0.1, 0.15) is 12.6 Å². The van der Waals surface area contributed by atoms with Crippen molar-refractivity contribution in [2.75, 3.05) is 10.8 Å². The van der Waals surface area contributed by atoms with E-state index in [1.54, 1.807) is 25.1 Å². The van der Waals surface area contributed by atoms with Crippen molar-refractivity contribution in [2.45, 2.75) is 69.5 Å². The Hall–Kier alpha value is -4.25. The van der Waals surface area contributed by atoms with Crippen molar-refractivity contribution in [1.29, 1.82) is 0 Å². The minimum atomic E-state index is -4.25. The topological polar surface area (TPSA) is 130 Å². The van der Waals surface area contributed by atoms with Crippen molar-refractivity contribution >= 4 is 33.2 Å². The fourth-order valence-corrected chi connectivity index (χ4v) is 6.58. The Morgan fingerprint density at radius 1 is 0.976 bits per heavy atom. The summed E-state index contributed by atoms with van der Waals surface area (Å²) in [5, 5.41) is 14.3. The molecule has 222 valence electrons. The third-order valence-corrected chi connectivity index (χ3v) is 9.30. The van der Waals surface area contributed by atoms with Gasteiger partial charge in [0.15, 0.2) is 0 Å². The molecule has 1 aliphatic carbocycles. The first-order valence-electron chi connectivity index (χ1n) is 14.0. The zero-order valence-electron chi connectivity index (χ0n) is 23.8. The molecule has 11 heteroatoms. The second kappa shape index (κ2) is 13.6. The predicted molar refractivity (Wildman–Crippen MR) is 160 cm³/mol. The number of anilines is 1. The van der Waals surface area contributed by atoms with Crippen molar-refractivity contribution in [2.24, 2.45) is 0 Å². The van der Waals surface area contributed by atoms with Crippen molar-refractivity contribution in [3.63, 3.8) is 0 Å². The number of hydrogen-bond donors (Lipinski definition) is 1. The Kier molecular flexibility index (Phi) is 9.95. The number of amides is 2. The van der Waals surface area contributed by atoms with E-state index >= 15 is 0 Å². The summed E-state index contributed by atoms with van der Waals surface area (Å²) in [4.78, 5) is 39.4. The van der Waals surface area contributed by atoms with Gasteiger partial charge in [-0.15, -0.1) is 0 Å². The Morgan fingerprint density at radius 3 is 2.26 bits per heavy atom. The van der Waals surface area contributed by atoms with Crippen LogP contribution < -0.4 is 9.62 Å². The molecule has 0 unspecified atom stereocenters. The van der Waals surface area contributed by atoms with Gasteiger partial charge in [-0.05, 0) is 56.5 Å². The Balaban J connectivity index is 1.68. The number of sulfonamides is 1. The van der Waals surface area contributed by atoms with Crippen LogP contribution in [0.3, 0.4) is 0 Å². The van der Waals surface area contributed by atoms with Gasteiger partial charge >= 0.3 is 0 Å². The van der Waals surface area contributed by atoms with E-state index in [1.165, 1.54) is 41.3 Å². The molecule has 1 aliphatic rings. The molecule has 0 aromatic heterocycles. The number of nitrogens with zero attached hydrogens (tertiary/aromatic N) is 3. The van der Waals surface area contributed by atoms with Crippen LogP contribution in [0.5, 0.6) is 0 Å². The van der Waals surface area contributed by atoms with Gasteiger partial charge in [0.2, 0.25) is 11.8 Å². The molecule has 3 aromatic carbocycles. The standard InChI is InChI=1S/C31H36N4O6S/c1-23-10-9-11-25(20-23)21-33(24(2)31(37)32-26-12-5-3-6-13-26)30(36)22-34(27-16-18-28(19-17-27)35(38)39)42(40,41)29-14-7-4-8-15-29/h4,7-11,14-20,24,26H,3,5-6,12-13,21-22H2,1-2H3,(H,32,37)/t24-/m1/s1. The van der Waals surface area contributed by atoms with Crippen LogP contribution in [0.4, 0.5) is 11.4 Å². The molecule has 0 radical (unpaired) electrons. The lowest BCUT2D eigenvalue weighted by Crippen LogP contribution is -2.53. The second-order valence-electron chi connectivity index (χ2n) is 10.6. The number of benzene rings is 3. The number of nitro groups is 1. The fraction of sp³-hybridized carbons (Fsp3) is 0.355. The Bertz CT molecular complexity index is 1510. The van der Waals surface area contributed by atoms with Crippen LogP contribution >= 0.6 is 0 Å². The summed E-state index contributed by atoms with van der Waals surface area (Å²) in [5.41, 5.74) is 1.66. The summed E-state index contributed by atoms with van der Waals surface area (Å²) in [6.45, 7) is 3.06. The largest absolute Gasteiger partial charge is 0.352 e. The van der Waals surface area contributed by atoms with Gasteiger partial charge in [0, 0.05) is 24.7 Å². The molecule has 1 N–H and O–H groups in total. The number of nitrogens with one attached hydrogen (secondary N) is 1. The molecule has 0 heterocycles. The molecule has 2 amide bonds. The molecular formula is C31H36N4O6S. The summed E-state index contributed by atoms with van der Waals surface area (Å²) < 4.78 is 28.6. The minimum absolute atomic E-state index is 0.0375. The molecule has 0 bridgehead atoms. The number of non-ortho nitro benzene ring substituents is 1. The number of nitro benzene ring substituents is 1. The van der Waals surface area contributed by atoms with Crippen LogP contribution in [0.1, 0.15) is 50.2 Å². The molecule has 1 fully saturated rings. The highest BCUT2D eigenvalue weighted by Crippen LogP contribution is 2.27. The lowest BCUT2D eigenvalue weighted by Gasteiger charge is -2.33. The van der Waals surface area contributed by atoms with E-state index < -0.39 is 33.4 Å². The fourth-order valence-electron chi connectivity index (χ4n) is 5.15. The molecule has 3 aromatic rings. The quantitative estimate of drug-likeness (QED) is 0.247. The van der Waals surface area contributed by atoms with Crippen LogP contribution in [0, 0.1) is 17.0 Å². The number of rotatable bonds is 11. The molecule has 10 nitrogen and oxygen atoms in total. The number of aryl methyl sites for hydroxylation is 1. The molecule has 1 saturated carbocycles. The van der Waals surface area contributed by atoms with E-state index in [0.29, 0.717) is 0 Å².